The number of hydrogen-bond donors (Lipinski definition) is 0. The topological polar surface area (TPSA) is 43.4 Å². The maximum atomic E-state index is 10.8. The van der Waals surface area contributed by atoms with Gasteiger partial charge in [0.25, 0.3) is 10.1 Å². The van der Waals surface area contributed by atoms with Crippen molar-refractivity contribution in [1.29, 1.82) is 0 Å². The van der Waals surface area contributed by atoms with Gasteiger partial charge in [0.1, 0.15) is 0 Å². The predicted molar refractivity (Wildman–Crippen MR) is 47.8 cm³/mol. The van der Waals surface area contributed by atoms with Crippen LogP contribution in [0.1, 0.15) is 13.3 Å². The fourth-order valence-electron chi connectivity index (χ4n) is 0.433. The van der Waals surface area contributed by atoms with Gasteiger partial charge in [-0.3, -0.25) is 0 Å². The Bertz CT molecular complexity index is 196. The maximum Gasteiger partial charge on any atom is 0.278 e. The van der Waals surface area contributed by atoms with Crippen molar-refractivity contribution in [2.24, 2.45) is 0 Å². The van der Waals surface area contributed by atoms with Crippen LogP contribution < -0.4 is 0 Å². The lowest BCUT2D eigenvalue weighted by molar-refractivity contribution is 0.517. The molecule has 0 aliphatic heterocycles. The highest BCUT2D eigenvalue weighted by atomic mass is 32.3. The standard InChI is InChI=1S/C6H12O3S2/c1-3-5-10-9-11(7,8)6-4-2/h3H,1,4-6H2,2H3. The molecule has 3 nitrogen and oxygen atoms in total. The lowest BCUT2D eigenvalue weighted by atomic mass is 10.6. The summed E-state index contributed by atoms with van der Waals surface area (Å²) < 4.78 is 26.2. The first kappa shape index (κ1) is 11.0. The van der Waals surface area contributed by atoms with Crippen LogP contribution in [0.15, 0.2) is 12.7 Å². The largest absolute Gasteiger partial charge is 0.278 e. The third kappa shape index (κ3) is 6.40. The van der Waals surface area contributed by atoms with Gasteiger partial charge in [-0.25, -0.2) is 0 Å². The van der Waals surface area contributed by atoms with E-state index in [9.17, 15) is 8.42 Å². The molecule has 0 heterocycles. The summed E-state index contributed by atoms with van der Waals surface area (Å²) in [6, 6.07) is 0. The second-order valence-electron chi connectivity index (χ2n) is 1.90. The van der Waals surface area contributed by atoms with Crippen molar-refractivity contribution in [3.05, 3.63) is 12.7 Å². The van der Waals surface area contributed by atoms with E-state index in [0.29, 0.717) is 12.2 Å². The van der Waals surface area contributed by atoms with E-state index in [0.717, 1.165) is 12.0 Å². The molecular formula is C6H12O3S2. The second kappa shape index (κ2) is 5.62. The fourth-order valence-corrected chi connectivity index (χ4v) is 2.11. The summed E-state index contributed by atoms with van der Waals surface area (Å²) in [7, 11) is -3.29. The highest BCUT2D eigenvalue weighted by Gasteiger charge is 2.08. The van der Waals surface area contributed by atoms with Crippen LogP contribution in [0.2, 0.25) is 0 Å². The monoisotopic (exact) mass is 196 g/mol. The Morgan fingerprint density at radius 3 is 2.73 bits per heavy atom. The molecule has 0 aromatic heterocycles. The Labute approximate surface area is 72.2 Å². The summed E-state index contributed by atoms with van der Waals surface area (Å²) in [5.41, 5.74) is 0. The molecule has 0 aliphatic carbocycles. The minimum Gasteiger partial charge on any atom is -0.198 e. The molecule has 0 fully saturated rings. The van der Waals surface area contributed by atoms with Crippen molar-refractivity contribution in [3.8, 4) is 0 Å². The molecule has 11 heavy (non-hydrogen) atoms. The molecule has 5 heteroatoms. The molecule has 0 saturated heterocycles. The zero-order valence-corrected chi connectivity index (χ0v) is 8.08. The number of hydrogen-bond acceptors (Lipinski definition) is 4. The van der Waals surface area contributed by atoms with Gasteiger partial charge in [-0.2, -0.15) is 12.0 Å². The van der Waals surface area contributed by atoms with Gasteiger partial charge in [-0.1, -0.05) is 13.0 Å². The molecule has 0 aromatic carbocycles. The lowest BCUT2D eigenvalue weighted by Crippen LogP contribution is -2.05. The molecule has 0 N–H and O–H groups in total. The van der Waals surface area contributed by atoms with Crippen LogP contribution in [-0.2, 0) is 13.7 Å². The minimum atomic E-state index is -3.29. The van der Waals surface area contributed by atoms with Crippen molar-refractivity contribution in [3.63, 3.8) is 0 Å². The molecule has 0 saturated carbocycles. The first-order valence-electron chi connectivity index (χ1n) is 3.27. The Hall–Kier alpha value is -0.0000000000000000555. The molecule has 0 bridgehead atoms. The van der Waals surface area contributed by atoms with Gasteiger partial charge in [-0.05, 0) is 6.42 Å². The van der Waals surface area contributed by atoms with Gasteiger partial charge in [-0.15, -0.1) is 6.58 Å². The molecule has 0 aromatic rings. The van der Waals surface area contributed by atoms with E-state index < -0.39 is 10.1 Å². The molecule has 0 spiro atoms. The smallest absolute Gasteiger partial charge is 0.198 e. The van der Waals surface area contributed by atoms with E-state index in [1.165, 1.54) is 0 Å². The van der Waals surface area contributed by atoms with Crippen LogP contribution in [-0.4, -0.2) is 19.9 Å². The second-order valence-corrected chi connectivity index (χ2v) is 4.54. The van der Waals surface area contributed by atoms with Gasteiger partial charge in [0.2, 0.25) is 0 Å². The molecular weight excluding hydrogens is 184 g/mol. The van der Waals surface area contributed by atoms with E-state index in [1.54, 1.807) is 13.0 Å². The van der Waals surface area contributed by atoms with Crippen molar-refractivity contribution in [2.75, 3.05) is 11.5 Å². The van der Waals surface area contributed by atoms with E-state index in [1.807, 2.05) is 0 Å². The maximum absolute atomic E-state index is 10.8. The minimum absolute atomic E-state index is 0.0805. The average molecular weight is 196 g/mol. The quantitative estimate of drug-likeness (QED) is 0.367. The van der Waals surface area contributed by atoms with Crippen LogP contribution in [0.4, 0.5) is 0 Å². The van der Waals surface area contributed by atoms with Gasteiger partial charge in [0, 0.05) is 17.8 Å². The zero-order valence-electron chi connectivity index (χ0n) is 6.45. The highest BCUT2D eigenvalue weighted by molar-refractivity contribution is 8.04. The van der Waals surface area contributed by atoms with Crippen molar-refractivity contribution in [2.45, 2.75) is 13.3 Å². The molecule has 0 atom stereocenters. The molecule has 0 unspecified atom stereocenters. The molecule has 0 rings (SSSR count). The van der Waals surface area contributed by atoms with Gasteiger partial charge in [0.15, 0.2) is 0 Å². The summed E-state index contributed by atoms with van der Waals surface area (Å²) in [6.07, 6.45) is 2.17. The third-order valence-electron chi connectivity index (χ3n) is 0.792. The van der Waals surface area contributed by atoms with Crippen LogP contribution >= 0.6 is 12.0 Å². The van der Waals surface area contributed by atoms with Crippen molar-refractivity contribution < 1.29 is 12.0 Å². The first-order chi connectivity index (χ1) is 5.12. The number of rotatable bonds is 6. The molecule has 0 aliphatic rings. The Kier molecular flexibility index (Phi) is 5.62. The van der Waals surface area contributed by atoms with E-state index in [-0.39, 0.29) is 5.75 Å². The summed E-state index contributed by atoms with van der Waals surface area (Å²) >= 11 is 0.894. The van der Waals surface area contributed by atoms with E-state index in [4.69, 9.17) is 0 Å². The summed E-state index contributed by atoms with van der Waals surface area (Å²) in [5.74, 6) is 0.570. The highest BCUT2D eigenvalue weighted by Crippen LogP contribution is 2.09. The Balaban J connectivity index is 3.64. The van der Waals surface area contributed by atoms with Gasteiger partial charge in [0.05, 0.1) is 5.75 Å². The molecule has 0 amide bonds. The van der Waals surface area contributed by atoms with E-state index >= 15 is 0 Å². The van der Waals surface area contributed by atoms with Crippen LogP contribution in [0.5, 0.6) is 0 Å². The average Bonchev–Trinajstić information content (AvgIpc) is 1.87. The van der Waals surface area contributed by atoms with Gasteiger partial charge >= 0.3 is 0 Å². The summed E-state index contributed by atoms with van der Waals surface area (Å²) in [4.78, 5) is 0. The van der Waals surface area contributed by atoms with E-state index in [2.05, 4.69) is 10.2 Å². The summed E-state index contributed by atoms with van der Waals surface area (Å²) in [5, 5.41) is 0. The Morgan fingerprint density at radius 1 is 1.64 bits per heavy atom. The molecule has 66 valence electrons. The normalized spacial score (nSPS) is 11.4. The Morgan fingerprint density at radius 2 is 2.27 bits per heavy atom. The zero-order chi connectivity index (χ0) is 8.74. The summed E-state index contributed by atoms with van der Waals surface area (Å²) in [6.45, 7) is 5.22. The van der Waals surface area contributed by atoms with Crippen molar-refractivity contribution in [1.82, 2.24) is 0 Å². The van der Waals surface area contributed by atoms with Crippen LogP contribution in [0, 0.1) is 0 Å². The van der Waals surface area contributed by atoms with Crippen LogP contribution in [0.3, 0.4) is 0 Å². The van der Waals surface area contributed by atoms with Crippen molar-refractivity contribution >= 4 is 22.2 Å². The SMILES string of the molecule is C=CCSOS(=O)(=O)CCC. The fraction of sp³-hybridized carbons (Fsp3) is 0.667. The van der Waals surface area contributed by atoms with Gasteiger partial charge < -0.3 is 0 Å². The first-order valence-corrected chi connectivity index (χ1v) is 5.76. The van der Waals surface area contributed by atoms with Crippen LogP contribution in [0.25, 0.3) is 0 Å². The molecule has 0 radical (unpaired) electrons. The lowest BCUT2D eigenvalue weighted by Gasteiger charge is -1.99. The third-order valence-corrected chi connectivity index (χ3v) is 3.29. The predicted octanol–water partition coefficient (Wildman–Crippen LogP) is 1.58.